The van der Waals surface area contributed by atoms with E-state index in [2.05, 4.69) is 116 Å². The fraction of sp³-hybridized carbons (Fsp3) is 0.178. The number of aromatic nitrogens is 3. The molecule has 0 atom stereocenters. The molecule has 0 spiro atoms. The minimum atomic E-state index is -0.0272. The second kappa shape index (κ2) is 13.0. The molecule has 1 aromatic heterocycles. The minimum Gasteiger partial charge on any atom is -0.208 e. The second-order valence-electron chi connectivity index (χ2n) is 13.2. The highest BCUT2D eigenvalue weighted by molar-refractivity contribution is 5.96. The van der Waals surface area contributed by atoms with E-state index < -0.39 is 0 Å². The van der Waals surface area contributed by atoms with Gasteiger partial charge >= 0.3 is 0 Å². The molecule has 0 saturated heterocycles. The second-order valence-corrected chi connectivity index (χ2v) is 13.2. The molecule has 1 fully saturated rings. The summed E-state index contributed by atoms with van der Waals surface area (Å²) >= 11 is 0. The summed E-state index contributed by atoms with van der Waals surface area (Å²) in [6, 6.07) is 52.2. The summed E-state index contributed by atoms with van der Waals surface area (Å²) in [5, 5.41) is 2.58. The number of hydrogen-bond acceptors (Lipinski definition) is 3. The third kappa shape index (κ3) is 5.71. The first-order chi connectivity index (χ1) is 23.7. The van der Waals surface area contributed by atoms with Crippen molar-refractivity contribution in [1.82, 2.24) is 15.0 Å². The number of aryl methyl sites for hydroxylation is 1. The van der Waals surface area contributed by atoms with Crippen molar-refractivity contribution in [3.05, 3.63) is 162 Å². The normalized spacial score (nSPS) is 14.4. The van der Waals surface area contributed by atoms with Crippen LogP contribution in [0.3, 0.4) is 0 Å². The zero-order valence-electron chi connectivity index (χ0n) is 27.4. The van der Waals surface area contributed by atoms with Gasteiger partial charge in [0.1, 0.15) is 0 Å². The van der Waals surface area contributed by atoms with Crippen LogP contribution in [0.5, 0.6) is 0 Å². The van der Waals surface area contributed by atoms with E-state index in [1.807, 2.05) is 36.4 Å². The predicted octanol–water partition coefficient (Wildman–Crippen LogP) is 11.6. The summed E-state index contributed by atoms with van der Waals surface area (Å²) in [7, 11) is 0. The van der Waals surface area contributed by atoms with E-state index in [1.54, 1.807) is 0 Å². The Morgan fingerprint density at radius 1 is 0.438 bits per heavy atom. The molecule has 0 N–H and O–H groups in total. The molecule has 48 heavy (non-hydrogen) atoms. The van der Waals surface area contributed by atoms with Crippen LogP contribution in [-0.2, 0) is 5.41 Å². The van der Waals surface area contributed by atoms with Gasteiger partial charge in [-0.25, -0.2) is 15.0 Å². The number of rotatable bonds is 6. The minimum absolute atomic E-state index is 0.0272. The Bertz CT molecular complexity index is 2120. The molecular weight excluding hydrogens is 583 g/mol. The molecule has 8 rings (SSSR count). The number of fused-ring (bicyclic) bond motifs is 1. The summed E-state index contributed by atoms with van der Waals surface area (Å²) in [5.74, 6) is 2.09. The maximum absolute atomic E-state index is 5.03. The number of hydrogen-bond donors (Lipinski definition) is 0. The summed E-state index contributed by atoms with van der Waals surface area (Å²) in [4.78, 5) is 15.0. The van der Waals surface area contributed by atoms with Gasteiger partial charge in [-0.2, -0.15) is 0 Å². The van der Waals surface area contributed by atoms with E-state index in [0.29, 0.717) is 17.5 Å². The van der Waals surface area contributed by atoms with Crippen LogP contribution in [0.15, 0.2) is 146 Å². The Morgan fingerprint density at radius 3 is 1.65 bits per heavy atom. The molecule has 3 nitrogen and oxygen atoms in total. The first-order valence-electron chi connectivity index (χ1n) is 17.3. The monoisotopic (exact) mass is 621 g/mol. The van der Waals surface area contributed by atoms with Crippen molar-refractivity contribution in [1.29, 1.82) is 0 Å². The van der Waals surface area contributed by atoms with Crippen molar-refractivity contribution in [3.8, 4) is 45.3 Å². The molecule has 1 heterocycles. The third-order valence-electron chi connectivity index (χ3n) is 10.2. The molecule has 0 bridgehead atoms. The van der Waals surface area contributed by atoms with Crippen molar-refractivity contribution >= 4 is 10.8 Å². The zero-order chi connectivity index (χ0) is 32.3. The highest BCUT2D eigenvalue weighted by Gasteiger charge is 2.35. The Balaban J connectivity index is 1.20. The van der Waals surface area contributed by atoms with E-state index in [4.69, 9.17) is 15.0 Å². The molecule has 0 amide bonds. The van der Waals surface area contributed by atoms with Crippen molar-refractivity contribution in [2.75, 3.05) is 0 Å². The lowest BCUT2D eigenvalue weighted by atomic mass is 9.68. The molecule has 0 unspecified atom stereocenters. The van der Waals surface area contributed by atoms with Gasteiger partial charge in [-0.05, 0) is 58.4 Å². The molecule has 0 radical (unpaired) electrons. The summed E-state index contributed by atoms with van der Waals surface area (Å²) in [6.07, 6.45) is 7.37. The average molecular weight is 622 g/mol. The Kier molecular flexibility index (Phi) is 8.12. The molecule has 0 aliphatic heterocycles. The molecular formula is C45H39N3. The van der Waals surface area contributed by atoms with E-state index in [0.717, 1.165) is 29.5 Å². The summed E-state index contributed by atoms with van der Waals surface area (Å²) in [6.45, 7) is 2.21. The molecule has 1 aliphatic rings. The summed E-state index contributed by atoms with van der Waals surface area (Å²) in [5.41, 5.74) is 9.54. The van der Waals surface area contributed by atoms with Crippen LogP contribution in [-0.4, -0.2) is 15.0 Å². The molecule has 6 aromatic carbocycles. The molecule has 1 aliphatic carbocycles. The van der Waals surface area contributed by atoms with Crippen molar-refractivity contribution in [2.24, 2.45) is 0 Å². The van der Waals surface area contributed by atoms with Crippen LogP contribution >= 0.6 is 0 Å². The fourth-order valence-electron chi connectivity index (χ4n) is 7.66. The Labute approximate surface area is 283 Å². The van der Waals surface area contributed by atoms with Crippen molar-refractivity contribution in [3.63, 3.8) is 0 Å². The average Bonchev–Trinajstić information content (AvgIpc) is 3.42. The van der Waals surface area contributed by atoms with Crippen LogP contribution in [0, 0.1) is 6.92 Å². The van der Waals surface area contributed by atoms with Gasteiger partial charge in [0.15, 0.2) is 17.5 Å². The highest BCUT2D eigenvalue weighted by Crippen LogP contribution is 2.45. The van der Waals surface area contributed by atoms with Gasteiger partial charge in [-0.3, -0.25) is 0 Å². The van der Waals surface area contributed by atoms with Gasteiger partial charge < -0.3 is 0 Å². The van der Waals surface area contributed by atoms with Crippen LogP contribution in [0.25, 0.3) is 56.1 Å². The van der Waals surface area contributed by atoms with E-state index in [1.165, 1.54) is 64.3 Å². The lowest BCUT2D eigenvalue weighted by molar-refractivity contribution is 0.445. The number of nitrogens with zero attached hydrogens (tertiary/aromatic N) is 3. The molecule has 7 aromatic rings. The van der Waals surface area contributed by atoms with Crippen LogP contribution in [0.2, 0.25) is 0 Å². The standard InChI is InChI=1S/C45H39N3/c1-32-31-38(27-28-39(32)44-47-42(35-16-6-4-7-17-35)46-43(48-44)36-18-8-5-9-19-36)45(29-12-2-3-13-30-45)37-25-23-34(24-26-37)41-22-14-20-33-15-10-11-21-40(33)41/h4-11,14-28,31H,2-3,12-13,29-30H2,1H3. The quantitative estimate of drug-likeness (QED) is 0.173. The SMILES string of the molecule is Cc1cc(C2(c3ccc(-c4cccc5ccccc45)cc3)CCCCCC2)ccc1-c1nc(-c2ccccc2)nc(-c2ccccc2)n1. The molecule has 1 saturated carbocycles. The van der Waals surface area contributed by atoms with Crippen molar-refractivity contribution < 1.29 is 0 Å². The van der Waals surface area contributed by atoms with E-state index >= 15 is 0 Å². The van der Waals surface area contributed by atoms with Crippen LogP contribution in [0.1, 0.15) is 55.2 Å². The third-order valence-corrected chi connectivity index (χ3v) is 10.2. The fourth-order valence-corrected chi connectivity index (χ4v) is 7.66. The van der Waals surface area contributed by atoms with Gasteiger partial charge in [0.2, 0.25) is 0 Å². The zero-order valence-corrected chi connectivity index (χ0v) is 27.4. The maximum atomic E-state index is 5.03. The van der Waals surface area contributed by atoms with Gasteiger partial charge in [-0.15, -0.1) is 0 Å². The smallest absolute Gasteiger partial charge is 0.164 e. The first kappa shape index (κ1) is 30.0. The van der Waals surface area contributed by atoms with Crippen LogP contribution < -0.4 is 0 Å². The maximum Gasteiger partial charge on any atom is 0.164 e. The largest absolute Gasteiger partial charge is 0.208 e. The molecule has 3 heteroatoms. The van der Waals surface area contributed by atoms with Gasteiger partial charge in [0, 0.05) is 22.1 Å². The summed E-state index contributed by atoms with van der Waals surface area (Å²) < 4.78 is 0. The molecule has 234 valence electrons. The highest BCUT2D eigenvalue weighted by atomic mass is 15.0. The Morgan fingerprint density at radius 2 is 1.00 bits per heavy atom. The van der Waals surface area contributed by atoms with Crippen molar-refractivity contribution in [2.45, 2.75) is 50.9 Å². The van der Waals surface area contributed by atoms with E-state index in [-0.39, 0.29) is 5.41 Å². The van der Waals surface area contributed by atoms with Gasteiger partial charge in [0.05, 0.1) is 0 Å². The van der Waals surface area contributed by atoms with Gasteiger partial charge in [-0.1, -0.05) is 171 Å². The lowest BCUT2D eigenvalue weighted by Crippen LogP contribution is -2.27. The first-order valence-corrected chi connectivity index (χ1v) is 17.3. The number of benzene rings is 6. The van der Waals surface area contributed by atoms with Crippen LogP contribution in [0.4, 0.5) is 0 Å². The van der Waals surface area contributed by atoms with E-state index in [9.17, 15) is 0 Å². The lowest BCUT2D eigenvalue weighted by Gasteiger charge is -2.35. The Hall–Kier alpha value is -5.41. The predicted molar refractivity (Wildman–Crippen MR) is 199 cm³/mol. The van der Waals surface area contributed by atoms with Gasteiger partial charge in [0.25, 0.3) is 0 Å². The topological polar surface area (TPSA) is 38.7 Å².